The maximum absolute atomic E-state index is 11.5. The van der Waals surface area contributed by atoms with Crippen molar-refractivity contribution in [3.8, 4) is 0 Å². The molecule has 0 aliphatic heterocycles. The molecule has 0 rings (SSSR count). The first kappa shape index (κ1) is 11.9. The minimum atomic E-state index is 0.116. The van der Waals surface area contributed by atoms with Gasteiger partial charge in [0.15, 0.2) is 0 Å². The molecular formula is C10H18N2O. The Kier molecular flexibility index (Phi) is 6.92. The number of hydrogen-bond acceptors (Lipinski definition) is 2. The van der Waals surface area contributed by atoms with E-state index in [2.05, 4.69) is 13.2 Å². The van der Waals surface area contributed by atoms with Crippen molar-refractivity contribution in [1.29, 1.82) is 0 Å². The largest absolute Gasteiger partial charge is 0.335 e. The molecule has 3 nitrogen and oxygen atoms in total. The molecule has 0 heterocycles. The Morgan fingerprint density at radius 1 is 1.31 bits per heavy atom. The third-order valence-electron chi connectivity index (χ3n) is 1.65. The minimum absolute atomic E-state index is 0.116. The first-order valence-electron chi connectivity index (χ1n) is 4.45. The fourth-order valence-electron chi connectivity index (χ4n) is 1.00. The fourth-order valence-corrected chi connectivity index (χ4v) is 1.00. The maximum atomic E-state index is 11.5. The number of amides is 1. The molecule has 0 aliphatic rings. The fraction of sp³-hybridized carbons (Fsp3) is 0.500. The molecule has 3 heteroatoms. The second-order valence-electron chi connectivity index (χ2n) is 2.77. The summed E-state index contributed by atoms with van der Waals surface area (Å²) in [5.74, 6) is 0.116. The topological polar surface area (TPSA) is 46.3 Å². The number of carbonyl (C=O) groups excluding carboxylic acids is 1. The lowest BCUT2D eigenvalue weighted by molar-refractivity contribution is -0.130. The highest BCUT2D eigenvalue weighted by Crippen LogP contribution is 1.97. The Balaban J connectivity index is 3.93. The highest BCUT2D eigenvalue weighted by molar-refractivity contribution is 5.76. The summed E-state index contributed by atoms with van der Waals surface area (Å²) in [6.07, 6.45) is 4.68. The van der Waals surface area contributed by atoms with Gasteiger partial charge in [-0.1, -0.05) is 12.2 Å². The molecule has 0 aromatic carbocycles. The molecular weight excluding hydrogens is 164 g/mol. The van der Waals surface area contributed by atoms with E-state index in [9.17, 15) is 4.79 Å². The van der Waals surface area contributed by atoms with Crippen LogP contribution in [0.15, 0.2) is 25.3 Å². The van der Waals surface area contributed by atoms with Crippen molar-refractivity contribution in [1.82, 2.24) is 4.90 Å². The molecule has 1 amide bonds. The number of nitrogens with zero attached hydrogens (tertiary/aromatic N) is 1. The molecule has 2 N–H and O–H groups in total. The smallest absolute Gasteiger partial charge is 0.223 e. The molecule has 0 fully saturated rings. The Morgan fingerprint density at radius 3 is 2.23 bits per heavy atom. The van der Waals surface area contributed by atoms with E-state index in [4.69, 9.17) is 5.73 Å². The Bertz CT molecular complexity index is 168. The second-order valence-corrected chi connectivity index (χ2v) is 2.77. The standard InChI is InChI=1S/C10H18N2O/c1-3-8-12(9-4-2)10(13)6-5-7-11/h3-4H,1-2,5-9,11H2. The van der Waals surface area contributed by atoms with Gasteiger partial charge in [0.05, 0.1) is 0 Å². The molecule has 74 valence electrons. The average molecular weight is 182 g/mol. The molecule has 0 spiro atoms. The van der Waals surface area contributed by atoms with Crippen LogP contribution in [0.5, 0.6) is 0 Å². The van der Waals surface area contributed by atoms with Gasteiger partial charge < -0.3 is 10.6 Å². The highest BCUT2D eigenvalue weighted by Gasteiger charge is 2.08. The summed E-state index contributed by atoms with van der Waals surface area (Å²) < 4.78 is 0. The maximum Gasteiger partial charge on any atom is 0.223 e. The van der Waals surface area contributed by atoms with Crippen LogP contribution in [-0.2, 0) is 4.79 Å². The second kappa shape index (κ2) is 7.55. The van der Waals surface area contributed by atoms with Crippen LogP contribution in [0.2, 0.25) is 0 Å². The van der Waals surface area contributed by atoms with Gasteiger partial charge in [-0.25, -0.2) is 0 Å². The monoisotopic (exact) mass is 182 g/mol. The van der Waals surface area contributed by atoms with Crippen molar-refractivity contribution in [3.05, 3.63) is 25.3 Å². The van der Waals surface area contributed by atoms with Gasteiger partial charge in [-0.3, -0.25) is 4.79 Å². The Hall–Kier alpha value is -1.09. The van der Waals surface area contributed by atoms with Gasteiger partial charge in [0.1, 0.15) is 0 Å². The quantitative estimate of drug-likeness (QED) is 0.595. The van der Waals surface area contributed by atoms with Crippen molar-refractivity contribution in [2.45, 2.75) is 12.8 Å². The zero-order valence-corrected chi connectivity index (χ0v) is 8.04. The summed E-state index contributed by atoms with van der Waals surface area (Å²) in [7, 11) is 0. The predicted molar refractivity (Wildman–Crippen MR) is 55.3 cm³/mol. The number of nitrogens with two attached hydrogens (primary N) is 1. The molecule has 0 aliphatic carbocycles. The van der Waals surface area contributed by atoms with Gasteiger partial charge in [0.25, 0.3) is 0 Å². The van der Waals surface area contributed by atoms with E-state index in [1.54, 1.807) is 17.1 Å². The van der Waals surface area contributed by atoms with Gasteiger partial charge in [-0.15, -0.1) is 13.2 Å². The summed E-state index contributed by atoms with van der Waals surface area (Å²) in [4.78, 5) is 13.2. The Morgan fingerprint density at radius 2 is 1.85 bits per heavy atom. The normalized spacial score (nSPS) is 9.31. The summed E-state index contributed by atoms with van der Waals surface area (Å²) in [6, 6.07) is 0. The van der Waals surface area contributed by atoms with Gasteiger partial charge in [-0.05, 0) is 13.0 Å². The number of carbonyl (C=O) groups is 1. The van der Waals surface area contributed by atoms with E-state index >= 15 is 0 Å². The lowest BCUT2D eigenvalue weighted by atomic mass is 10.2. The van der Waals surface area contributed by atoms with Crippen LogP contribution in [0.4, 0.5) is 0 Å². The summed E-state index contributed by atoms with van der Waals surface area (Å²) in [5.41, 5.74) is 5.31. The van der Waals surface area contributed by atoms with Crippen LogP contribution in [0.3, 0.4) is 0 Å². The zero-order chi connectivity index (χ0) is 10.1. The molecule has 0 radical (unpaired) electrons. The van der Waals surface area contributed by atoms with Crippen LogP contribution in [0.1, 0.15) is 12.8 Å². The third kappa shape index (κ3) is 5.20. The van der Waals surface area contributed by atoms with Gasteiger partial charge in [0, 0.05) is 19.5 Å². The van der Waals surface area contributed by atoms with Crippen LogP contribution in [-0.4, -0.2) is 30.4 Å². The third-order valence-corrected chi connectivity index (χ3v) is 1.65. The van der Waals surface area contributed by atoms with Crippen LogP contribution in [0.25, 0.3) is 0 Å². The number of hydrogen-bond donors (Lipinski definition) is 1. The van der Waals surface area contributed by atoms with Crippen molar-refractivity contribution >= 4 is 5.91 Å². The van der Waals surface area contributed by atoms with E-state index < -0.39 is 0 Å². The molecule has 0 aromatic heterocycles. The summed E-state index contributed by atoms with van der Waals surface area (Å²) >= 11 is 0. The van der Waals surface area contributed by atoms with E-state index in [1.165, 1.54) is 0 Å². The molecule has 0 saturated carbocycles. The molecule has 0 atom stereocenters. The Labute approximate surface area is 79.9 Å². The lowest BCUT2D eigenvalue weighted by Crippen LogP contribution is -2.31. The van der Waals surface area contributed by atoms with E-state index in [0.29, 0.717) is 26.1 Å². The highest BCUT2D eigenvalue weighted by atomic mass is 16.2. The number of rotatable bonds is 7. The van der Waals surface area contributed by atoms with Crippen molar-refractivity contribution in [2.24, 2.45) is 5.73 Å². The predicted octanol–water partition coefficient (Wildman–Crippen LogP) is 0.926. The van der Waals surface area contributed by atoms with Gasteiger partial charge >= 0.3 is 0 Å². The van der Waals surface area contributed by atoms with E-state index in [0.717, 1.165) is 6.42 Å². The molecule has 0 saturated heterocycles. The molecule has 13 heavy (non-hydrogen) atoms. The van der Waals surface area contributed by atoms with Crippen molar-refractivity contribution in [2.75, 3.05) is 19.6 Å². The SMILES string of the molecule is C=CCN(CC=C)C(=O)CCCN. The van der Waals surface area contributed by atoms with Gasteiger partial charge in [0.2, 0.25) is 5.91 Å². The van der Waals surface area contributed by atoms with Gasteiger partial charge in [-0.2, -0.15) is 0 Å². The first-order valence-corrected chi connectivity index (χ1v) is 4.45. The van der Waals surface area contributed by atoms with E-state index in [-0.39, 0.29) is 5.91 Å². The molecule has 0 bridgehead atoms. The summed E-state index contributed by atoms with van der Waals surface area (Å²) in [6.45, 7) is 8.90. The average Bonchev–Trinajstić information content (AvgIpc) is 2.14. The van der Waals surface area contributed by atoms with Crippen molar-refractivity contribution in [3.63, 3.8) is 0 Å². The first-order chi connectivity index (χ1) is 6.26. The minimum Gasteiger partial charge on any atom is -0.335 e. The molecule has 0 aromatic rings. The van der Waals surface area contributed by atoms with E-state index in [1.807, 2.05) is 0 Å². The lowest BCUT2D eigenvalue weighted by Gasteiger charge is -2.18. The zero-order valence-electron chi connectivity index (χ0n) is 8.04. The van der Waals surface area contributed by atoms with Crippen LogP contribution >= 0.6 is 0 Å². The van der Waals surface area contributed by atoms with Crippen LogP contribution < -0.4 is 5.73 Å². The van der Waals surface area contributed by atoms with Crippen LogP contribution in [0, 0.1) is 0 Å². The summed E-state index contributed by atoms with van der Waals surface area (Å²) in [5, 5.41) is 0. The van der Waals surface area contributed by atoms with Crippen molar-refractivity contribution < 1.29 is 4.79 Å². The molecule has 0 unspecified atom stereocenters.